The van der Waals surface area contributed by atoms with Crippen molar-refractivity contribution in [3.63, 3.8) is 0 Å². The number of fused-ring (bicyclic) bond motifs is 1. The van der Waals surface area contributed by atoms with Gasteiger partial charge in [-0.15, -0.1) is 0 Å². The number of aliphatic hydroxyl groups excluding tert-OH is 1. The van der Waals surface area contributed by atoms with Crippen LogP contribution in [0.1, 0.15) is 23.0 Å². The number of nitrogens with zero attached hydrogens (tertiary/aromatic N) is 4. The second kappa shape index (κ2) is 6.77. The second-order valence-corrected chi connectivity index (χ2v) is 5.95. The molecular weight excluding hydrogens is 341 g/mol. The monoisotopic (exact) mass is 357 g/mol. The van der Waals surface area contributed by atoms with Crippen molar-refractivity contribution in [2.75, 3.05) is 11.9 Å². The molecule has 26 heavy (non-hydrogen) atoms. The summed E-state index contributed by atoms with van der Waals surface area (Å²) in [5, 5.41) is 11.9. The van der Waals surface area contributed by atoms with Gasteiger partial charge in [0.25, 0.3) is 5.91 Å². The molecule has 1 fully saturated rings. The summed E-state index contributed by atoms with van der Waals surface area (Å²) in [7, 11) is 0. The summed E-state index contributed by atoms with van der Waals surface area (Å²) in [6.45, 7) is -0.253. The zero-order chi connectivity index (χ0) is 18.1. The van der Waals surface area contributed by atoms with Crippen LogP contribution < -0.4 is 5.32 Å². The van der Waals surface area contributed by atoms with Gasteiger partial charge in [0.05, 0.1) is 19.0 Å². The van der Waals surface area contributed by atoms with Gasteiger partial charge in [-0.2, -0.15) is 0 Å². The van der Waals surface area contributed by atoms with E-state index >= 15 is 0 Å². The molecule has 1 saturated heterocycles. The number of nitrogens with one attached hydrogen (secondary N) is 1. The largest absolute Gasteiger partial charge is 0.394 e. The lowest BCUT2D eigenvalue weighted by Gasteiger charge is -2.15. The molecule has 1 aliphatic rings. The van der Waals surface area contributed by atoms with Gasteiger partial charge < -0.3 is 15.2 Å². The van der Waals surface area contributed by atoms with Crippen molar-refractivity contribution in [1.82, 2.24) is 19.5 Å². The quantitative estimate of drug-likeness (QED) is 0.737. The molecule has 0 aliphatic carbocycles. The molecule has 1 aliphatic heterocycles. The fourth-order valence-electron chi connectivity index (χ4n) is 2.96. The van der Waals surface area contributed by atoms with E-state index < -0.39 is 18.5 Å². The van der Waals surface area contributed by atoms with Crippen molar-refractivity contribution >= 4 is 22.9 Å². The zero-order valence-electron chi connectivity index (χ0n) is 13.6. The molecule has 4 rings (SSSR count). The summed E-state index contributed by atoms with van der Waals surface area (Å²) >= 11 is 0. The molecule has 0 saturated carbocycles. The van der Waals surface area contributed by atoms with E-state index in [-0.39, 0.29) is 24.8 Å². The number of anilines is 1. The lowest BCUT2D eigenvalue weighted by atomic mass is 10.2. The normalized spacial score (nSPS) is 22.6. The van der Waals surface area contributed by atoms with E-state index in [1.165, 1.54) is 17.2 Å². The van der Waals surface area contributed by atoms with Crippen LogP contribution in [0.4, 0.5) is 10.2 Å². The van der Waals surface area contributed by atoms with Crippen LogP contribution in [0.2, 0.25) is 0 Å². The van der Waals surface area contributed by atoms with Gasteiger partial charge in [-0.3, -0.25) is 9.36 Å². The van der Waals surface area contributed by atoms with E-state index in [4.69, 9.17) is 4.74 Å². The van der Waals surface area contributed by atoms with Gasteiger partial charge in [0.2, 0.25) is 0 Å². The Balaban J connectivity index is 1.64. The van der Waals surface area contributed by atoms with E-state index in [9.17, 15) is 14.3 Å². The Kier molecular flexibility index (Phi) is 4.31. The number of aliphatic hydroxyl groups is 1. The predicted molar refractivity (Wildman–Crippen MR) is 90.2 cm³/mol. The second-order valence-electron chi connectivity index (χ2n) is 5.95. The Labute approximate surface area is 147 Å². The Hall–Kier alpha value is -2.91. The number of aromatic nitrogens is 4. The van der Waals surface area contributed by atoms with Crippen molar-refractivity contribution < 1.29 is 19.0 Å². The van der Waals surface area contributed by atoms with E-state index in [0.717, 1.165) is 0 Å². The molecule has 1 aromatic carbocycles. The SMILES string of the molecule is O=C(Nc1ncnc2c1ncn2[C@@H]1O[C@H](CO)C[C@@H]1F)c1ccccc1. The minimum Gasteiger partial charge on any atom is -0.394 e. The van der Waals surface area contributed by atoms with Gasteiger partial charge in [0.1, 0.15) is 12.5 Å². The summed E-state index contributed by atoms with van der Waals surface area (Å²) in [6.07, 6.45) is -0.0108. The van der Waals surface area contributed by atoms with E-state index in [0.29, 0.717) is 16.7 Å². The molecule has 0 radical (unpaired) electrons. The van der Waals surface area contributed by atoms with E-state index in [1.807, 2.05) is 6.07 Å². The van der Waals surface area contributed by atoms with Crippen LogP contribution in [0.25, 0.3) is 11.2 Å². The molecule has 0 bridgehead atoms. The molecule has 0 spiro atoms. The fourth-order valence-corrected chi connectivity index (χ4v) is 2.96. The maximum absolute atomic E-state index is 14.3. The first-order chi connectivity index (χ1) is 12.7. The number of alkyl halides is 1. The van der Waals surface area contributed by atoms with Crippen molar-refractivity contribution in [3.8, 4) is 0 Å². The minimum absolute atomic E-state index is 0.101. The maximum Gasteiger partial charge on any atom is 0.256 e. The molecule has 1 amide bonds. The standard InChI is InChI=1S/C17H16FN5O3/c18-12-6-11(7-24)26-17(12)23-9-21-13-14(19-8-20-15(13)23)22-16(25)10-4-2-1-3-5-10/h1-5,8-9,11-12,17,24H,6-7H2,(H,19,20,22,25)/t11-,12-,17+/m0/s1. The Bertz CT molecular complexity index is 933. The summed E-state index contributed by atoms with van der Waals surface area (Å²) in [6, 6.07) is 8.70. The third kappa shape index (κ3) is 2.91. The Morgan fingerprint density at radius 2 is 2.12 bits per heavy atom. The first-order valence-corrected chi connectivity index (χ1v) is 8.11. The van der Waals surface area contributed by atoms with E-state index in [2.05, 4.69) is 20.3 Å². The van der Waals surface area contributed by atoms with Crippen molar-refractivity contribution in [1.29, 1.82) is 0 Å². The average Bonchev–Trinajstić information content (AvgIpc) is 3.26. The number of carbonyl (C=O) groups is 1. The number of carbonyl (C=O) groups excluding carboxylic acids is 1. The van der Waals surface area contributed by atoms with Gasteiger partial charge in [0.15, 0.2) is 23.2 Å². The highest BCUT2D eigenvalue weighted by Gasteiger charge is 2.37. The van der Waals surface area contributed by atoms with Crippen LogP contribution in [0.3, 0.4) is 0 Å². The summed E-state index contributed by atoms with van der Waals surface area (Å²) in [5.74, 6) is -0.101. The molecule has 134 valence electrons. The molecule has 8 nitrogen and oxygen atoms in total. The number of hydrogen-bond donors (Lipinski definition) is 2. The molecule has 2 aromatic heterocycles. The van der Waals surface area contributed by atoms with Crippen LogP contribution in [0.5, 0.6) is 0 Å². The predicted octanol–water partition coefficient (Wildman–Crippen LogP) is 1.70. The van der Waals surface area contributed by atoms with Gasteiger partial charge in [-0.1, -0.05) is 18.2 Å². The number of imidazole rings is 1. The minimum atomic E-state index is -1.29. The molecule has 3 aromatic rings. The summed E-state index contributed by atoms with van der Waals surface area (Å²) < 4.78 is 21.2. The number of amides is 1. The first-order valence-electron chi connectivity index (χ1n) is 8.11. The number of rotatable bonds is 4. The average molecular weight is 357 g/mol. The lowest BCUT2D eigenvalue weighted by Crippen LogP contribution is -2.17. The van der Waals surface area contributed by atoms with E-state index in [1.54, 1.807) is 24.3 Å². The summed E-state index contributed by atoms with van der Waals surface area (Å²) in [5.41, 5.74) is 1.15. The number of benzene rings is 1. The Morgan fingerprint density at radius 1 is 1.31 bits per heavy atom. The van der Waals surface area contributed by atoms with Gasteiger partial charge in [-0.25, -0.2) is 19.3 Å². The van der Waals surface area contributed by atoms with Crippen molar-refractivity contribution in [2.45, 2.75) is 24.9 Å². The third-order valence-electron chi connectivity index (χ3n) is 4.23. The highest BCUT2D eigenvalue weighted by molar-refractivity contribution is 6.06. The molecule has 3 atom stereocenters. The van der Waals surface area contributed by atoms with Crippen molar-refractivity contribution in [3.05, 3.63) is 48.5 Å². The highest BCUT2D eigenvalue weighted by atomic mass is 19.1. The number of ether oxygens (including phenoxy) is 1. The summed E-state index contributed by atoms with van der Waals surface area (Å²) in [4.78, 5) is 24.8. The molecule has 9 heteroatoms. The van der Waals surface area contributed by atoms with Crippen LogP contribution in [0.15, 0.2) is 43.0 Å². The fraction of sp³-hybridized carbons (Fsp3) is 0.294. The van der Waals surface area contributed by atoms with Gasteiger partial charge in [0, 0.05) is 12.0 Å². The molecular formula is C17H16FN5O3. The maximum atomic E-state index is 14.3. The van der Waals surface area contributed by atoms with Crippen LogP contribution in [-0.2, 0) is 4.74 Å². The first kappa shape index (κ1) is 16.6. The lowest BCUT2D eigenvalue weighted by molar-refractivity contribution is -0.0351. The van der Waals surface area contributed by atoms with Crippen molar-refractivity contribution in [2.24, 2.45) is 0 Å². The molecule has 2 N–H and O–H groups in total. The molecule has 3 heterocycles. The third-order valence-corrected chi connectivity index (χ3v) is 4.23. The van der Waals surface area contributed by atoms with Crippen LogP contribution in [-0.4, -0.2) is 49.4 Å². The zero-order valence-corrected chi connectivity index (χ0v) is 13.6. The van der Waals surface area contributed by atoms with Crippen LogP contribution >= 0.6 is 0 Å². The highest BCUT2D eigenvalue weighted by Crippen LogP contribution is 2.33. The van der Waals surface area contributed by atoms with Crippen LogP contribution in [0, 0.1) is 0 Å². The topological polar surface area (TPSA) is 102 Å². The number of hydrogen-bond acceptors (Lipinski definition) is 6. The smallest absolute Gasteiger partial charge is 0.256 e. The van der Waals surface area contributed by atoms with Gasteiger partial charge >= 0.3 is 0 Å². The Morgan fingerprint density at radius 3 is 2.85 bits per heavy atom. The molecule has 0 unspecified atom stereocenters. The number of halogens is 1. The van der Waals surface area contributed by atoms with Gasteiger partial charge in [-0.05, 0) is 12.1 Å².